The van der Waals surface area contributed by atoms with Gasteiger partial charge in [0.2, 0.25) is 0 Å². The number of fused-ring (bicyclic) bond motifs is 9. The van der Waals surface area contributed by atoms with Crippen molar-refractivity contribution in [1.29, 1.82) is 0 Å². The zero-order chi connectivity index (χ0) is 31.2. The molecule has 5 heteroatoms. The molecule has 0 bridgehead atoms. The first kappa shape index (κ1) is 25.8. The number of aromatic nitrogens is 3. The van der Waals surface area contributed by atoms with Crippen LogP contribution >= 0.6 is 0 Å². The molecule has 0 saturated carbocycles. The van der Waals surface area contributed by atoms with E-state index in [0.29, 0.717) is 16.4 Å². The number of nitrogens with zero attached hydrogens (tertiary/aromatic N) is 3. The lowest BCUT2D eigenvalue weighted by molar-refractivity contribution is 0.840. The molecule has 10 rings (SSSR count). The molecule has 10 aromatic rings. The Morgan fingerprint density at radius 3 is 1.53 bits per heavy atom. The van der Waals surface area contributed by atoms with Crippen LogP contribution in [-0.4, -0.2) is 13.6 Å². The fourth-order valence-corrected chi connectivity index (χ4v) is 7.69. The summed E-state index contributed by atoms with van der Waals surface area (Å²) in [7, 11) is 0. The molecule has 7 aromatic carbocycles. The van der Waals surface area contributed by atoms with Crippen molar-refractivity contribution in [3.8, 4) is 27.9 Å². The second-order valence-corrected chi connectivity index (χ2v) is 12.1. The Bertz CT molecular complexity index is 2930. The van der Waals surface area contributed by atoms with Gasteiger partial charge in [-0.3, -0.25) is 9.59 Å². The zero-order valence-electron chi connectivity index (χ0n) is 25.1. The van der Waals surface area contributed by atoms with E-state index in [4.69, 9.17) is 0 Å². The lowest BCUT2D eigenvalue weighted by Gasteiger charge is -2.17. The van der Waals surface area contributed by atoms with Crippen LogP contribution in [0.4, 0.5) is 0 Å². The van der Waals surface area contributed by atoms with Gasteiger partial charge >= 0.3 is 0 Å². The Morgan fingerprint density at radius 1 is 0.362 bits per heavy atom. The lowest BCUT2D eigenvalue weighted by atomic mass is 9.86. The van der Waals surface area contributed by atoms with Crippen LogP contribution in [-0.2, 0) is 0 Å². The Kier molecular flexibility index (Phi) is 5.23. The molecule has 0 atom stereocenters. The van der Waals surface area contributed by atoms with E-state index in [9.17, 15) is 9.59 Å². The summed E-state index contributed by atoms with van der Waals surface area (Å²) in [5.41, 5.74) is 7.53. The van der Waals surface area contributed by atoms with Gasteiger partial charge in [0, 0.05) is 11.1 Å². The zero-order valence-corrected chi connectivity index (χ0v) is 25.1. The van der Waals surface area contributed by atoms with Crippen LogP contribution in [0.15, 0.2) is 161 Å². The molecule has 0 radical (unpaired) electrons. The van der Waals surface area contributed by atoms with Gasteiger partial charge in [-0.05, 0) is 74.1 Å². The van der Waals surface area contributed by atoms with Crippen molar-refractivity contribution in [1.82, 2.24) is 13.6 Å². The first-order chi connectivity index (χ1) is 23.2. The summed E-state index contributed by atoms with van der Waals surface area (Å²) in [6.07, 6.45) is 0. The van der Waals surface area contributed by atoms with Gasteiger partial charge < -0.3 is 4.57 Å². The van der Waals surface area contributed by atoms with Crippen molar-refractivity contribution in [3.63, 3.8) is 0 Å². The van der Waals surface area contributed by atoms with E-state index in [1.54, 1.807) is 0 Å². The molecule has 220 valence electrons. The summed E-state index contributed by atoms with van der Waals surface area (Å²) < 4.78 is 5.12. The van der Waals surface area contributed by atoms with Crippen molar-refractivity contribution >= 4 is 54.4 Å². The Morgan fingerprint density at radius 2 is 0.894 bits per heavy atom. The lowest BCUT2D eigenvalue weighted by Crippen LogP contribution is -2.22. The maximum absolute atomic E-state index is 14.2. The van der Waals surface area contributed by atoms with Crippen molar-refractivity contribution in [2.24, 2.45) is 0 Å². The van der Waals surface area contributed by atoms with E-state index < -0.39 is 0 Å². The largest absolute Gasteiger partial charge is 0.303 e. The highest BCUT2D eigenvalue weighted by Crippen LogP contribution is 2.44. The van der Waals surface area contributed by atoms with Gasteiger partial charge in [-0.1, -0.05) is 121 Å². The van der Waals surface area contributed by atoms with E-state index in [1.165, 1.54) is 15.6 Å². The fraction of sp³-hybridized carbons (Fsp3) is 0. The molecule has 0 saturated heterocycles. The predicted octanol–water partition coefficient (Wildman–Crippen LogP) is 9.09. The molecular formula is C42H25N3O2. The van der Waals surface area contributed by atoms with Crippen LogP contribution in [0.5, 0.6) is 0 Å². The molecule has 0 unspecified atom stereocenters. The third kappa shape index (κ3) is 3.43. The molecule has 3 heterocycles. The number of hydrogen-bond acceptors (Lipinski definition) is 2. The summed E-state index contributed by atoms with van der Waals surface area (Å²) in [4.78, 5) is 28.2. The van der Waals surface area contributed by atoms with Crippen LogP contribution < -0.4 is 11.1 Å². The van der Waals surface area contributed by atoms with Gasteiger partial charge in [0.05, 0.1) is 16.4 Å². The maximum atomic E-state index is 14.2. The second kappa shape index (κ2) is 9.52. The summed E-state index contributed by atoms with van der Waals surface area (Å²) in [6.45, 7) is 0. The van der Waals surface area contributed by atoms with Gasteiger partial charge in [0.15, 0.2) is 0 Å². The third-order valence-corrected chi connectivity index (χ3v) is 9.60. The number of hydrogen-bond donors (Lipinski definition) is 0. The van der Waals surface area contributed by atoms with Gasteiger partial charge in [-0.15, -0.1) is 0 Å². The van der Waals surface area contributed by atoms with Crippen molar-refractivity contribution in [3.05, 3.63) is 172 Å². The topological polar surface area (TPSA) is 47.9 Å². The molecule has 0 aliphatic carbocycles. The van der Waals surface area contributed by atoms with Gasteiger partial charge in [-0.2, -0.15) is 4.52 Å². The van der Waals surface area contributed by atoms with Crippen molar-refractivity contribution in [2.45, 2.75) is 0 Å². The summed E-state index contributed by atoms with van der Waals surface area (Å²) >= 11 is 0. The standard InChI is InChI=1S/C42H25N3O2/c46-41-34-24-23-27(38-31-19-9-7-17-29(31)37(26-13-3-1-4-14-26)30-18-8-10-20-32(30)38)25-36(34)44-39-33-21-11-12-22-35(33)43(28-15-5-2-6-16-28)40(39)42(47)45(41)44/h1-25H. The average molecular weight is 604 g/mol. The van der Waals surface area contributed by atoms with E-state index in [2.05, 4.69) is 78.9 Å². The highest BCUT2D eigenvalue weighted by Gasteiger charge is 2.25. The van der Waals surface area contributed by atoms with E-state index >= 15 is 0 Å². The molecule has 5 nitrogen and oxygen atoms in total. The Hall–Kier alpha value is -6.46. The van der Waals surface area contributed by atoms with Crippen LogP contribution in [0, 0.1) is 0 Å². The van der Waals surface area contributed by atoms with Gasteiger partial charge in [0.25, 0.3) is 11.1 Å². The fourth-order valence-electron chi connectivity index (χ4n) is 7.69. The normalized spacial score (nSPS) is 12.0. The quantitative estimate of drug-likeness (QED) is 0.189. The molecular weight excluding hydrogens is 578 g/mol. The van der Waals surface area contributed by atoms with Crippen LogP contribution in [0.3, 0.4) is 0 Å². The van der Waals surface area contributed by atoms with Crippen molar-refractivity contribution < 1.29 is 0 Å². The van der Waals surface area contributed by atoms with Crippen LogP contribution in [0.2, 0.25) is 0 Å². The van der Waals surface area contributed by atoms with Crippen molar-refractivity contribution in [2.75, 3.05) is 0 Å². The molecule has 0 aliphatic rings. The number of rotatable bonds is 3. The molecule has 0 spiro atoms. The third-order valence-electron chi connectivity index (χ3n) is 9.60. The van der Waals surface area contributed by atoms with E-state index in [-0.39, 0.29) is 11.1 Å². The molecule has 0 fully saturated rings. The Balaban J connectivity index is 1.35. The first-order valence-electron chi connectivity index (χ1n) is 15.7. The minimum absolute atomic E-state index is 0.314. The SMILES string of the molecule is O=c1c2ccc(-c3c4ccccc4c(-c4ccccc4)c4ccccc34)cc2n2c3c4ccccc4n(-c4ccccc4)c3c(=O)n12. The number of benzene rings is 7. The van der Waals surface area contributed by atoms with Gasteiger partial charge in [0.1, 0.15) is 11.0 Å². The van der Waals surface area contributed by atoms with Crippen LogP contribution in [0.25, 0.3) is 82.3 Å². The molecule has 47 heavy (non-hydrogen) atoms. The predicted molar refractivity (Wildman–Crippen MR) is 192 cm³/mol. The summed E-state index contributed by atoms with van der Waals surface area (Å²) in [6, 6.07) is 51.5. The summed E-state index contributed by atoms with van der Waals surface area (Å²) in [5.74, 6) is 0. The maximum Gasteiger partial charge on any atom is 0.299 e. The molecule has 0 N–H and O–H groups in total. The average Bonchev–Trinajstić information content (AvgIpc) is 3.73. The van der Waals surface area contributed by atoms with Crippen LogP contribution in [0.1, 0.15) is 0 Å². The van der Waals surface area contributed by atoms with E-state index in [1.807, 2.05) is 81.9 Å². The molecule has 3 aromatic heterocycles. The monoisotopic (exact) mass is 603 g/mol. The first-order valence-corrected chi connectivity index (χ1v) is 15.7. The highest BCUT2D eigenvalue weighted by molar-refractivity contribution is 6.21. The highest BCUT2D eigenvalue weighted by atomic mass is 16.2. The Labute approximate surface area is 267 Å². The van der Waals surface area contributed by atoms with E-state index in [0.717, 1.165) is 54.8 Å². The molecule has 0 amide bonds. The minimum atomic E-state index is -0.328. The second-order valence-electron chi connectivity index (χ2n) is 12.1. The summed E-state index contributed by atoms with van der Waals surface area (Å²) in [5, 5.41) is 6.01. The minimum Gasteiger partial charge on any atom is -0.303 e. The molecule has 0 aliphatic heterocycles. The number of para-hydroxylation sites is 2. The smallest absolute Gasteiger partial charge is 0.299 e. The van der Waals surface area contributed by atoms with Gasteiger partial charge in [-0.25, -0.2) is 4.52 Å².